The number of aryl methyl sites for hydroxylation is 2. The van der Waals surface area contributed by atoms with E-state index in [1.165, 1.54) is 6.92 Å². The number of carbonyl (C=O) groups excluding carboxylic acids is 1. The average molecular weight is 351 g/mol. The highest BCUT2D eigenvalue weighted by molar-refractivity contribution is 6.29. The number of anilines is 1. The normalized spacial score (nSPS) is 11.7. The van der Waals surface area contributed by atoms with Crippen LogP contribution in [0.3, 0.4) is 0 Å². The van der Waals surface area contributed by atoms with Crippen molar-refractivity contribution in [2.75, 3.05) is 5.32 Å². The van der Waals surface area contributed by atoms with E-state index in [1.54, 1.807) is 6.92 Å². The van der Waals surface area contributed by atoms with Crippen LogP contribution in [0.1, 0.15) is 30.3 Å². The van der Waals surface area contributed by atoms with E-state index in [9.17, 15) is 18.0 Å². The molecule has 2 heterocycles. The molecular formula is C13H14ClF3N4O2. The Bertz CT molecular complexity index is 689. The van der Waals surface area contributed by atoms with E-state index >= 15 is 0 Å². The maximum absolute atomic E-state index is 13.0. The fraction of sp³-hybridized carbons (Fsp3) is 0.462. The molecule has 0 unspecified atom stereocenters. The highest BCUT2D eigenvalue weighted by Crippen LogP contribution is 2.34. The predicted molar refractivity (Wildman–Crippen MR) is 76.1 cm³/mol. The van der Waals surface area contributed by atoms with Crippen molar-refractivity contribution >= 4 is 23.2 Å². The molecule has 0 radical (unpaired) electrons. The number of nitrogens with zero attached hydrogens (tertiary/aromatic N) is 3. The highest BCUT2D eigenvalue weighted by Gasteiger charge is 2.38. The van der Waals surface area contributed by atoms with Crippen molar-refractivity contribution in [2.45, 2.75) is 39.4 Å². The Kier molecular flexibility index (Phi) is 4.98. The standard InChI is InChI=1S/C13H14ClF3N4O2/c1-3-21-11(13(15,16)17)9(6-18-21)19-10(22)5-4-8-7(2)20-23-12(8)14/h6H,3-5H2,1-2H3,(H,19,22). The summed E-state index contributed by atoms with van der Waals surface area (Å²) in [5, 5.41) is 9.58. The number of rotatable bonds is 5. The number of carbonyl (C=O) groups is 1. The smallest absolute Gasteiger partial charge is 0.344 e. The molecule has 0 spiro atoms. The molecule has 23 heavy (non-hydrogen) atoms. The molecule has 1 amide bonds. The summed E-state index contributed by atoms with van der Waals surface area (Å²) in [5.74, 6) is -0.581. The number of hydrogen-bond donors (Lipinski definition) is 1. The fourth-order valence-corrected chi connectivity index (χ4v) is 2.37. The number of amides is 1. The van der Waals surface area contributed by atoms with Crippen molar-refractivity contribution in [2.24, 2.45) is 0 Å². The summed E-state index contributed by atoms with van der Waals surface area (Å²) >= 11 is 5.77. The van der Waals surface area contributed by atoms with Gasteiger partial charge in [-0.15, -0.1) is 0 Å². The van der Waals surface area contributed by atoms with Gasteiger partial charge in [0.15, 0.2) is 5.69 Å². The van der Waals surface area contributed by atoms with Gasteiger partial charge < -0.3 is 9.84 Å². The van der Waals surface area contributed by atoms with Gasteiger partial charge in [0.1, 0.15) is 0 Å². The largest absolute Gasteiger partial charge is 0.435 e. The quantitative estimate of drug-likeness (QED) is 0.896. The molecule has 2 aromatic heterocycles. The van der Waals surface area contributed by atoms with Gasteiger partial charge >= 0.3 is 6.18 Å². The van der Waals surface area contributed by atoms with Crippen molar-refractivity contribution in [1.29, 1.82) is 0 Å². The van der Waals surface area contributed by atoms with Crippen LogP contribution < -0.4 is 5.32 Å². The maximum Gasteiger partial charge on any atom is 0.435 e. The third kappa shape index (κ3) is 3.84. The molecule has 0 saturated carbocycles. The minimum absolute atomic E-state index is 0.0419. The third-order valence-electron chi connectivity index (χ3n) is 3.22. The van der Waals surface area contributed by atoms with E-state index in [0.717, 1.165) is 10.9 Å². The summed E-state index contributed by atoms with van der Waals surface area (Å²) in [7, 11) is 0. The Labute approximate surface area is 134 Å². The van der Waals surface area contributed by atoms with Gasteiger partial charge in [-0.25, -0.2) is 0 Å². The van der Waals surface area contributed by atoms with Crippen molar-refractivity contribution < 1.29 is 22.5 Å². The summed E-state index contributed by atoms with van der Waals surface area (Å²) in [6, 6.07) is 0. The number of halogens is 4. The lowest BCUT2D eigenvalue weighted by atomic mass is 10.1. The Morgan fingerprint density at radius 3 is 2.70 bits per heavy atom. The summed E-state index contributed by atoms with van der Waals surface area (Å²) in [5.41, 5.74) is -0.246. The first-order valence-corrected chi connectivity index (χ1v) is 7.15. The molecule has 0 bridgehead atoms. The second-order valence-electron chi connectivity index (χ2n) is 4.79. The molecule has 0 fully saturated rings. The van der Waals surface area contributed by atoms with Crippen molar-refractivity contribution in [1.82, 2.24) is 14.9 Å². The summed E-state index contributed by atoms with van der Waals surface area (Å²) < 4.78 is 44.7. The molecule has 0 aliphatic heterocycles. The van der Waals surface area contributed by atoms with Crippen molar-refractivity contribution in [3.63, 3.8) is 0 Å². The van der Waals surface area contributed by atoms with Gasteiger partial charge in [0.05, 0.1) is 17.6 Å². The van der Waals surface area contributed by atoms with Gasteiger partial charge in [0, 0.05) is 18.5 Å². The molecule has 0 aliphatic carbocycles. The van der Waals surface area contributed by atoms with E-state index in [-0.39, 0.29) is 30.3 Å². The number of hydrogen-bond acceptors (Lipinski definition) is 4. The van der Waals surface area contributed by atoms with Gasteiger partial charge in [-0.05, 0) is 31.9 Å². The Morgan fingerprint density at radius 2 is 2.17 bits per heavy atom. The zero-order chi connectivity index (χ0) is 17.2. The summed E-state index contributed by atoms with van der Waals surface area (Å²) in [6.07, 6.45) is -3.47. The molecule has 1 N–H and O–H groups in total. The SMILES string of the molecule is CCn1ncc(NC(=O)CCc2c(C)noc2Cl)c1C(F)(F)F. The Hall–Kier alpha value is -2.03. The zero-order valence-corrected chi connectivity index (χ0v) is 13.1. The Balaban J connectivity index is 2.08. The Morgan fingerprint density at radius 1 is 1.48 bits per heavy atom. The molecular weight excluding hydrogens is 337 g/mol. The van der Waals surface area contributed by atoms with E-state index in [1.807, 2.05) is 0 Å². The maximum atomic E-state index is 13.0. The molecule has 10 heteroatoms. The molecule has 126 valence electrons. The van der Waals surface area contributed by atoms with Crippen LogP contribution in [-0.2, 0) is 23.9 Å². The predicted octanol–water partition coefficient (Wildman–Crippen LogP) is 3.44. The lowest BCUT2D eigenvalue weighted by molar-refractivity contribution is -0.143. The third-order valence-corrected chi connectivity index (χ3v) is 3.52. The first kappa shape index (κ1) is 17.3. The zero-order valence-electron chi connectivity index (χ0n) is 12.4. The summed E-state index contributed by atoms with van der Waals surface area (Å²) in [6.45, 7) is 3.24. The van der Waals surface area contributed by atoms with Crippen LogP contribution in [0.5, 0.6) is 0 Å². The van der Waals surface area contributed by atoms with E-state index in [4.69, 9.17) is 16.1 Å². The molecule has 2 aromatic rings. The van der Waals surface area contributed by atoms with Crippen LogP contribution in [0.15, 0.2) is 10.7 Å². The second-order valence-corrected chi connectivity index (χ2v) is 5.13. The van der Waals surface area contributed by atoms with Crippen LogP contribution in [-0.4, -0.2) is 20.8 Å². The lowest BCUT2D eigenvalue weighted by Gasteiger charge is -2.12. The van der Waals surface area contributed by atoms with Crippen LogP contribution in [0.4, 0.5) is 18.9 Å². The topological polar surface area (TPSA) is 73.0 Å². The molecule has 0 aromatic carbocycles. The number of aromatic nitrogens is 3. The van der Waals surface area contributed by atoms with Gasteiger partial charge in [-0.2, -0.15) is 18.3 Å². The fourth-order valence-electron chi connectivity index (χ4n) is 2.11. The van der Waals surface area contributed by atoms with E-state index in [0.29, 0.717) is 11.3 Å². The van der Waals surface area contributed by atoms with Crippen LogP contribution in [0.25, 0.3) is 0 Å². The minimum Gasteiger partial charge on any atom is -0.344 e. The van der Waals surface area contributed by atoms with E-state index < -0.39 is 17.8 Å². The highest BCUT2D eigenvalue weighted by atomic mass is 35.5. The molecule has 0 aliphatic rings. The lowest BCUT2D eigenvalue weighted by Crippen LogP contribution is -2.19. The first-order chi connectivity index (χ1) is 10.7. The monoisotopic (exact) mass is 350 g/mol. The first-order valence-electron chi connectivity index (χ1n) is 6.77. The summed E-state index contributed by atoms with van der Waals surface area (Å²) in [4.78, 5) is 11.9. The van der Waals surface area contributed by atoms with Crippen molar-refractivity contribution in [3.05, 3.63) is 28.4 Å². The minimum atomic E-state index is -4.61. The second kappa shape index (κ2) is 6.61. The van der Waals surface area contributed by atoms with Crippen LogP contribution >= 0.6 is 11.6 Å². The molecule has 6 nitrogen and oxygen atoms in total. The van der Waals surface area contributed by atoms with Gasteiger partial charge in [-0.1, -0.05) is 5.16 Å². The average Bonchev–Trinajstić information content (AvgIpc) is 3.00. The van der Waals surface area contributed by atoms with Crippen LogP contribution in [0.2, 0.25) is 5.22 Å². The molecule has 2 rings (SSSR count). The van der Waals surface area contributed by atoms with Crippen LogP contribution in [0, 0.1) is 6.92 Å². The number of alkyl halides is 3. The van der Waals surface area contributed by atoms with Gasteiger partial charge in [-0.3, -0.25) is 9.48 Å². The number of nitrogens with one attached hydrogen (secondary N) is 1. The van der Waals surface area contributed by atoms with E-state index in [2.05, 4.69) is 15.6 Å². The molecule has 0 atom stereocenters. The van der Waals surface area contributed by atoms with Crippen molar-refractivity contribution in [3.8, 4) is 0 Å². The van der Waals surface area contributed by atoms with Gasteiger partial charge in [0.25, 0.3) is 0 Å². The van der Waals surface area contributed by atoms with Gasteiger partial charge in [0.2, 0.25) is 11.1 Å². The molecule has 0 saturated heterocycles.